The summed E-state index contributed by atoms with van der Waals surface area (Å²) in [6.45, 7) is 3.29. The number of carbonyl (C=O) groups is 1. The first-order valence-electron chi connectivity index (χ1n) is 5.56. The first-order chi connectivity index (χ1) is 8.60. The molecular formula is C12H16FNO4S. The molecule has 5 nitrogen and oxygen atoms in total. The minimum Gasteiger partial charge on any atom is -0.459 e. The zero-order chi connectivity index (χ0) is 14.8. The van der Waals surface area contributed by atoms with Gasteiger partial charge in [0.05, 0.1) is 23.1 Å². The second-order valence-corrected chi connectivity index (χ2v) is 6.69. The fraction of sp³-hybridized carbons (Fsp3) is 0.417. The van der Waals surface area contributed by atoms with E-state index in [1.54, 1.807) is 13.8 Å². The summed E-state index contributed by atoms with van der Waals surface area (Å²) < 4.78 is 40.8. The molecule has 106 valence electrons. The highest BCUT2D eigenvalue weighted by atomic mass is 32.2. The largest absolute Gasteiger partial charge is 0.459 e. The van der Waals surface area contributed by atoms with E-state index in [-0.39, 0.29) is 22.9 Å². The van der Waals surface area contributed by atoms with Crippen LogP contribution in [-0.2, 0) is 20.3 Å². The van der Waals surface area contributed by atoms with Crippen molar-refractivity contribution in [3.63, 3.8) is 0 Å². The van der Waals surface area contributed by atoms with Gasteiger partial charge < -0.3 is 10.5 Å². The molecule has 0 atom stereocenters. The molecule has 0 heterocycles. The van der Waals surface area contributed by atoms with Crippen molar-refractivity contribution in [3.05, 3.63) is 29.1 Å². The van der Waals surface area contributed by atoms with Gasteiger partial charge in [-0.1, -0.05) is 0 Å². The highest BCUT2D eigenvalue weighted by Crippen LogP contribution is 2.23. The molecule has 0 amide bonds. The van der Waals surface area contributed by atoms with Crippen molar-refractivity contribution in [2.45, 2.75) is 25.7 Å². The third kappa shape index (κ3) is 4.51. The van der Waals surface area contributed by atoms with Crippen molar-refractivity contribution in [2.24, 2.45) is 0 Å². The summed E-state index contributed by atoms with van der Waals surface area (Å²) in [5, 5.41) is 0. The Morgan fingerprint density at radius 2 is 2.00 bits per heavy atom. The molecule has 0 aliphatic rings. The first-order valence-corrected chi connectivity index (χ1v) is 7.63. The third-order valence-corrected chi connectivity index (χ3v) is 3.05. The van der Waals surface area contributed by atoms with Crippen LogP contribution in [0.25, 0.3) is 0 Å². The number of nitrogen functional groups attached to an aromatic ring is 1. The molecule has 0 aliphatic carbocycles. The standard InChI is InChI=1S/C12H16FNO4S/c1-7(2)18-12(15)10-5-9(13)4-8(11(10)14)6-19(3,16)17/h4-5,7H,6,14H2,1-3H3. The van der Waals surface area contributed by atoms with Gasteiger partial charge >= 0.3 is 5.97 Å². The minimum absolute atomic E-state index is 0.0539. The van der Waals surface area contributed by atoms with Gasteiger partial charge in [-0.2, -0.15) is 0 Å². The Hall–Kier alpha value is -1.63. The maximum atomic E-state index is 13.4. The number of sulfone groups is 1. The number of halogens is 1. The van der Waals surface area contributed by atoms with Crippen LogP contribution < -0.4 is 5.73 Å². The molecule has 0 spiro atoms. The van der Waals surface area contributed by atoms with Gasteiger partial charge in [0.2, 0.25) is 0 Å². The van der Waals surface area contributed by atoms with E-state index in [2.05, 4.69) is 0 Å². The number of ether oxygens (including phenoxy) is 1. The van der Waals surface area contributed by atoms with Crippen LogP contribution >= 0.6 is 0 Å². The summed E-state index contributed by atoms with van der Waals surface area (Å²) in [5.41, 5.74) is 5.53. The van der Waals surface area contributed by atoms with E-state index in [4.69, 9.17) is 10.5 Å². The zero-order valence-electron chi connectivity index (χ0n) is 10.9. The molecular weight excluding hydrogens is 273 g/mol. The SMILES string of the molecule is CC(C)OC(=O)c1cc(F)cc(CS(C)(=O)=O)c1N. The Morgan fingerprint density at radius 1 is 1.42 bits per heavy atom. The molecule has 0 saturated carbocycles. The average Bonchev–Trinajstić information content (AvgIpc) is 2.19. The minimum atomic E-state index is -3.38. The van der Waals surface area contributed by atoms with Gasteiger partial charge in [0.25, 0.3) is 0 Å². The van der Waals surface area contributed by atoms with E-state index >= 15 is 0 Å². The topological polar surface area (TPSA) is 86.5 Å². The smallest absolute Gasteiger partial charge is 0.340 e. The van der Waals surface area contributed by atoms with Crippen LogP contribution in [0.1, 0.15) is 29.8 Å². The fourth-order valence-corrected chi connectivity index (χ4v) is 2.33. The number of anilines is 1. The number of hydrogen-bond donors (Lipinski definition) is 1. The molecule has 2 N–H and O–H groups in total. The van der Waals surface area contributed by atoms with Crippen LogP contribution in [-0.4, -0.2) is 26.7 Å². The van der Waals surface area contributed by atoms with Crippen LogP contribution in [0.4, 0.5) is 10.1 Å². The second kappa shape index (κ2) is 5.56. The number of nitrogens with two attached hydrogens (primary N) is 1. The van der Waals surface area contributed by atoms with Crippen molar-refractivity contribution >= 4 is 21.5 Å². The molecule has 0 radical (unpaired) electrons. The van der Waals surface area contributed by atoms with E-state index in [1.807, 2.05) is 0 Å². The lowest BCUT2D eigenvalue weighted by Crippen LogP contribution is -2.15. The fourth-order valence-electron chi connectivity index (χ4n) is 1.52. The molecule has 0 aromatic heterocycles. The molecule has 0 unspecified atom stereocenters. The number of carbonyl (C=O) groups excluding carboxylic acids is 1. The van der Waals surface area contributed by atoms with E-state index in [0.29, 0.717) is 0 Å². The number of esters is 1. The van der Waals surface area contributed by atoms with Gasteiger partial charge in [-0.3, -0.25) is 0 Å². The molecule has 7 heteroatoms. The van der Waals surface area contributed by atoms with Gasteiger partial charge in [0, 0.05) is 6.26 Å². The summed E-state index contributed by atoms with van der Waals surface area (Å²) in [6, 6.07) is 1.94. The van der Waals surface area contributed by atoms with Crippen LogP contribution in [0, 0.1) is 5.82 Å². The lowest BCUT2D eigenvalue weighted by molar-refractivity contribution is 0.0378. The molecule has 19 heavy (non-hydrogen) atoms. The number of hydrogen-bond acceptors (Lipinski definition) is 5. The molecule has 1 rings (SSSR count). The van der Waals surface area contributed by atoms with Crippen LogP contribution in [0.2, 0.25) is 0 Å². The van der Waals surface area contributed by atoms with Crippen molar-refractivity contribution in [3.8, 4) is 0 Å². The second-order valence-electron chi connectivity index (χ2n) is 4.55. The van der Waals surface area contributed by atoms with Crippen molar-refractivity contribution < 1.29 is 22.3 Å². The lowest BCUT2D eigenvalue weighted by Gasteiger charge is -2.12. The Morgan fingerprint density at radius 3 is 2.47 bits per heavy atom. The van der Waals surface area contributed by atoms with Gasteiger partial charge in [-0.25, -0.2) is 17.6 Å². The quantitative estimate of drug-likeness (QED) is 0.671. The van der Waals surface area contributed by atoms with E-state index in [1.165, 1.54) is 0 Å². The molecule has 0 bridgehead atoms. The molecule has 0 fully saturated rings. The van der Waals surface area contributed by atoms with E-state index < -0.39 is 27.4 Å². The Labute approximate surface area is 111 Å². The Balaban J connectivity index is 3.24. The average molecular weight is 289 g/mol. The van der Waals surface area contributed by atoms with E-state index in [9.17, 15) is 17.6 Å². The van der Waals surface area contributed by atoms with Crippen LogP contribution in [0.3, 0.4) is 0 Å². The molecule has 0 saturated heterocycles. The number of benzene rings is 1. The van der Waals surface area contributed by atoms with Crippen LogP contribution in [0.15, 0.2) is 12.1 Å². The summed E-state index contributed by atoms with van der Waals surface area (Å²) in [6.07, 6.45) is 0.622. The monoisotopic (exact) mass is 289 g/mol. The maximum absolute atomic E-state index is 13.4. The summed E-state index contributed by atoms with van der Waals surface area (Å²) in [4.78, 5) is 11.7. The van der Waals surface area contributed by atoms with E-state index in [0.717, 1.165) is 18.4 Å². The predicted octanol–water partition coefficient (Wildman–Crippen LogP) is 1.52. The van der Waals surface area contributed by atoms with Gasteiger partial charge in [0.15, 0.2) is 9.84 Å². The predicted molar refractivity (Wildman–Crippen MR) is 69.9 cm³/mol. The van der Waals surface area contributed by atoms with Crippen molar-refractivity contribution in [1.29, 1.82) is 0 Å². The Kier molecular flexibility index (Phi) is 4.52. The normalized spacial score (nSPS) is 11.6. The van der Waals surface area contributed by atoms with Gasteiger partial charge in [-0.15, -0.1) is 0 Å². The van der Waals surface area contributed by atoms with Crippen LogP contribution in [0.5, 0.6) is 0 Å². The van der Waals surface area contributed by atoms with Crippen molar-refractivity contribution in [2.75, 3.05) is 12.0 Å². The summed E-state index contributed by atoms with van der Waals surface area (Å²) >= 11 is 0. The molecule has 1 aromatic rings. The van der Waals surface area contributed by atoms with Crippen molar-refractivity contribution in [1.82, 2.24) is 0 Å². The summed E-state index contributed by atoms with van der Waals surface area (Å²) in [7, 11) is -3.38. The molecule has 1 aromatic carbocycles. The third-order valence-electron chi connectivity index (χ3n) is 2.21. The van der Waals surface area contributed by atoms with Gasteiger partial charge in [0.1, 0.15) is 5.82 Å². The first kappa shape index (κ1) is 15.4. The maximum Gasteiger partial charge on any atom is 0.340 e. The highest BCUT2D eigenvalue weighted by molar-refractivity contribution is 7.89. The number of rotatable bonds is 4. The van der Waals surface area contributed by atoms with Gasteiger partial charge in [-0.05, 0) is 31.5 Å². The lowest BCUT2D eigenvalue weighted by atomic mass is 10.1. The zero-order valence-corrected chi connectivity index (χ0v) is 11.8. The summed E-state index contributed by atoms with van der Waals surface area (Å²) in [5.74, 6) is -1.94. The molecule has 0 aliphatic heterocycles. The highest BCUT2D eigenvalue weighted by Gasteiger charge is 2.19. The Bertz CT molecular complexity index is 596.